The summed E-state index contributed by atoms with van der Waals surface area (Å²) in [7, 11) is 4.05. The van der Waals surface area contributed by atoms with Crippen LogP contribution >= 0.6 is 33.9 Å². The van der Waals surface area contributed by atoms with Gasteiger partial charge in [-0.3, -0.25) is 0 Å². The average molecular weight is 407 g/mol. The molecule has 0 amide bonds. The van der Waals surface area contributed by atoms with Gasteiger partial charge in [0.1, 0.15) is 9.30 Å². The molecule has 7 heteroatoms. The first-order valence-corrected chi connectivity index (χ1v) is 8.12. The van der Waals surface area contributed by atoms with Crippen LogP contribution in [0.4, 0.5) is 4.79 Å². The average Bonchev–Trinajstić information content (AvgIpc) is 2.76. The number of carbonyl (C=O) groups is 1. The summed E-state index contributed by atoms with van der Waals surface area (Å²) < 4.78 is 8.61. The molecule has 0 N–H and O–H groups in total. The molecular formula is C13H18IN3O2S. The lowest BCUT2D eigenvalue weighted by Crippen LogP contribution is -2.27. The van der Waals surface area contributed by atoms with Crippen molar-refractivity contribution in [3.05, 3.63) is 14.6 Å². The minimum Gasteiger partial charge on any atom is -0.442 e. The molecule has 0 atom stereocenters. The standard InChI is InChI=1S/C13H18IN3O2S/c1-13(2,3)19-12(18)17-9-6-8(7-16(4)5)20-10(9)11(14)15-17/h6H,7H2,1-5H3. The van der Waals surface area contributed by atoms with Crippen LogP contribution in [0.2, 0.25) is 0 Å². The number of rotatable bonds is 2. The van der Waals surface area contributed by atoms with Gasteiger partial charge in [-0.05, 0) is 63.5 Å². The summed E-state index contributed by atoms with van der Waals surface area (Å²) in [5.41, 5.74) is 0.300. The minimum absolute atomic E-state index is 0.431. The summed E-state index contributed by atoms with van der Waals surface area (Å²) >= 11 is 3.82. The van der Waals surface area contributed by atoms with E-state index in [1.807, 2.05) is 40.9 Å². The van der Waals surface area contributed by atoms with Gasteiger partial charge in [0, 0.05) is 11.4 Å². The molecule has 0 fully saturated rings. The van der Waals surface area contributed by atoms with Crippen molar-refractivity contribution < 1.29 is 9.53 Å². The number of nitrogens with zero attached hydrogens (tertiary/aromatic N) is 3. The monoisotopic (exact) mass is 407 g/mol. The number of halogens is 1. The van der Waals surface area contributed by atoms with Crippen molar-refractivity contribution in [3.8, 4) is 0 Å². The molecule has 0 unspecified atom stereocenters. The minimum atomic E-state index is -0.525. The topological polar surface area (TPSA) is 47.4 Å². The van der Waals surface area contributed by atoms with Crippen molar-refractivity contribution in [2.45, 2.75) is 32.9 Å². The summed E-state index contributed by atoms with van der Waals surface area (Å²) in [6.07, 6.45) is -0.431. The number of carbonyl (C=O) groups excluding carboxylic acids is 1. The van der Waals surface area contributed by atoms with E-state index in [4.69, 9.17) is 4.74 Å². The van der Waals surface area contributed by atoms with E-state index in [1.54, 1.807) is 11.3 Å². The third kappa shape index (κ3) is 3.50. The van der Waals surface area contributed by atoms with Crippen molar-refractivity contribution >= 4 is 50.2 Å². The van der Waals surface area contributed by atoms with Crippen LogP contribution in [0.3, 0.4) is 0 Å². The van der Waals surface area contributed by atoms with E-state index in [1.165, 1.54) is 9.56 Å². The number of hydrogen-bond donors (Lipinski definition) is 0. The Morgan fingerprint density at radius 2 is 2.15 bits per heavy atom. The van der Waals surface area contributed by atoms with E-state index in [-0.39, 0.29) is 0 Å². The second-order valence-electron chi connectivity index (χ2n) is 5.85. The molecule has 0 bridgehead atoms. The first kappa shape index (κ1) is 15.7. The van der Waals surface area contributed by atoms with Crippen LogP contribution < -0.4 is 0 Å². The van der Waals surface area contributed by atoms with Gasteiger partial charge in [0.05, 0.1) is 10.2 Å². The lowest BCUT2D eigenvalue weighted by molar-refractivity contribution is 0.0522. The van der Waals surface area contributed by atoms with E-state index in [2.05, 4.69) is 32.6 Å². The number of aromatic nitrogens is 2. The highest BCUT2D eigenvalue weighted by Gasteiger charge is 2.23. The van der Waals surface area contributed by atoms with Crippen LogP contribution in [0.15, 0.2) is 6.07 Å². The fourth-order valence-electron chi connectivity index (χ4n) is 1.76. The van der Waals surface area contributed by atoms with Gasteiger partial charge in [0.15, 0.2) is 0 Å². The van der Waals surface area contributed by atoms with Crippen LogP contribution in [0.1, 0.15) is 25.6 Å². The molecule has 110 valence electrons. The Balaban J connectivity index is 2.39. The molecule has 0 aliphatic carbocycles. The Kier molecular flexibility index (Phi) is 4.41. The zero-order chi connectivity index (χ0) is 15.1. The molecule has 0 aromatic carbocycles. The first-order chi connectivity index (χ1) is 9.17. The van der Waals surface area contributed by atoms with Crippen LogP contribution in [-0.4, -0.2) is 40.5 Å². The lowest BCUT2D eigenvalue weighted by Gasteiger charge is -2.18. The Morgan fingerprint density at radius 1 is 1.50 bits per heavy atom. The van der Waals surface area contributed by atoms with E-state index in [9.17, 15) is 4.79 Å². The molecular weight excluding hydrogens is 389 g/mol. The van der Waals surface area contributed by atoms with Gasteiger partial charge in [-0.2, -0.15) is 9.78 Å². The molecule has 5 nitrogen and oxygen atoms in total. The Hall–Kier alpha value is -0.670. The zero-order valence-corrected chi connectivity index (χ0v) is 15.2. The zero-order valence-electron chi connectivity index (χ0n) is 12.2. The third-order valence-corrected chi connectivity index (χ3v) is 4.64. The molecule has 2 aromatic rings. The van der Waals surface area contributed by atoms with Crippen molar-refractivity contribution in [2.75, 3.05) is 14.1 Å². The van der Waals surface area contributed by atoms with Crippen LogP contribution in [0.25, 0.3) is 10.2 Å². The molecule has 0 aliphatic rings. The van der Waals surface area contributed by atoms with Crippen molar-refractivity contribution in [1.82, 2.24) is 14.7 Å². The molecule has 0 spiro atoms. The van der Waals surface area contributed by atoms with Gasteiger partial charge in [0.25, 0.3) is 0 Å². The Labute approximate surface area is 136 Å². The maximum absolute atomic E-state index is 12.2. The van der Waals surface area contributed by atoms with Gasteiger partial charge in [0.2, 0.25) is 0 Å². The van der Waals surface area contributed by atoms with E-state index in [0.717, 1.165) is 20.5 Å². The molecule has 0 saturated carbocycles. The molecule has 0 saturated heterocycles. The molecule has 2 aromatic heterocycles. The van der Waals surface area contributed by atoms with Gasteiger partial charge in [-0.15, -0.1) is 11.3 Å². The van der Waals surface area contributed by atoms with Crippen LogP contribution in [0.5, 0.6) is 0 Å². The van der Waals surface area contributed by atoms with Crippen molar-refractivity contribution in [1.29, 1.82) is 0 Å². The molecule has 2 heterocycles. The quantitative estimate of drug-likeness (QED) is 0.715. The van der Waals surface area contributed by atoms with Gasteiger partial charge in [-0.25, -0.2) is 4.79 Å². The van der Waals surface area contributed by atoms with E-state index in [0.29, 0.717) is 0 Å². The number of ether oxygens (including phenoxy) is 1. The van der Waals surface area contributed by atoms with Crippen LogP contribution in [0, 0.1) is 3.70 Å². The normalized spacial score (nSPS) is 12.3. The maximum Gasteiger partial charge on any atom is 0.435 e. The number of thiophene rings is 1. The number of fused-ring (bicyclic) bond motifs is 1. The summed E-state index contributed by atoms with van der Waals surface area (Å²) in [6, 6.07) is 2.01. The second kappa shape index (κ2) is 5.61. The summed E-state index contributed by atoms with van der Waals surface area (Å²) in [5.74, 6) is 0. The number of hydrogen-bond acceptors (Lipinski definition) is 5. The third-order valence-electron chi connectivity index (χ3n) is 2.41. The highest BCUT2D eigenvalue weighted by Crippen LogP contribution is 2.30. The fourth-order valence-corrected chi connectivity index (χ4v) is 3.71. The highest BCUT2D eigenvalue weighted by molar-refractivity contribution is 14.1. The smallest absolute Gasteiger partial charge is 0.435 e. The highest BCUT2D eigenvalue weighted by atomic mass is 127. The van der Waals surface area contributed by atoms with Crippen molar-refractivity contribution in [3.63, 3.8) is 0 Å². The maximum atomic E-state index is 12.2. The van der Waals surface area contributed by atoms with Gasteiger partial charge >= 0.3 is 6.09 Å². The Bertz CT molecular complexity index is 640. The molecule has 0 aliphatic heterocycles. The second-order valence-corrected chi connectivity index (χ2v) is 8.01. The first-order valence-electron chi connectivity index (χ1n) is 6.22. The summed E-state index contributed by atoms with van der Waals surface area (Å²) in [4.78, 5) is 15.5. The molecule has 20 heavy (non-hydrogen) atoms. The van der Waals surface area contributed by atoms with Crippen LogP contribution in [-0.2, 0) is 11.3 Å². The van der Waals surface area contributed by atoms with E-state index >= 15 is 0 Å². The predicted octanol–water partition coefficient (Wildman–Crippen LogP) is 3.55. The summed E-state index contributed by atoms with van der Waals surface area (Å²) in [5, 5.41) is 4.28. The lowest BCUT2D eigenvalue weighted by atomic mass is 10.2. The predicted molar refractivity (Wildman–Crippen MR) is 89.4 cm³/mol. The Morgan fingerprint density at radius 3 is 2.70 bits per heavy atom. The van der Waals surface area contributed by atoms with Gasteiger partial charge in [-0.1, -0.05) is 0 Å². The SMILES string of the molecule is CN(C)Cc1cc2c(s1)c(I)nn2C(=O)OC(C)(C)C. The largest absolute Gasteiger partial charge is 0.442 e. The molecule has 2 rings (SSSR count). The molecule has 0 radical (unpaired) electrons. The van der Waals surface area contributed by atoms with E-state index < -0.39 is 11.7 Å². The fraction of sp³-hybridized carbons (Fsp3) is 0.538. The summed E-state index contributed by atoms with van der Waals surface area (Å²) in [6.45, 7) is 6.40. The van der Waals surface area contributed by atoms with Gasteiger partial charge < -0.3 is 9.64 Å². The van der Waals surface area contributed by atoms with Crippen molar-refractivity contribution in [2.24, 2.45) is 0 Å².